The van der Waals surface area contributed by atoms with Crippen LogP contribution in [0.25, 0.3) is 49.3 Å². The predicted octanol–water partition coefficient (Wildman–Crippen LogP) is 2.89. The molecule has 4 aliphatic heterocycles. The molecule has 0 saturated carbocycles. The van der Waals surface area contributed by atoms with Crippen molar-refractivity contribution in [2.24, 2.45) is 5.73 Å². The van der Waals surface area contributed by atoms with Crippen molar-refractivity contribution >= 4 is 136 Å². The van der Waals surface area contributed by atoms with E-state index in [9.17, 15) is 58.1 Å². The van der Waals surface area contributed by atoms with Crippen LogP contribution in [-0.4, -0.2) is 206 Å². The molecule has 1 fully saturated rings. The lowest BCUT2D eigenvalue weighted by atomic mass is 9.85. The van der Waals surface area contributed by atoms with Crippen LogP contribution >= 0.6 is 72.3 Å². The molecule has 0 unspecified atom stereocenters. The first-order chi connectivity index (χ1) is 52.0. The predicted molar refractivity (Wildman–Crippen MR) is 384 cm³/mol. The van der Waals surface area contributed by atoms with Crippen molar-refractivity contribution in [3.63, 3.8) is 0 Å². The molecule has 8 aromatic rings. The van der Waals surface area contributed by atoms with Crippen LogP contribution in [0.4, 0.5) is 0 Å². The zero-order valence-corrected chi connectivity index (χ0v) is 64.2. The topological polar surface area (TPSA) is 556 Å². The smallest absolute Gasteiger partial charge is 0.472 e. The number of allylic oxidation sites excluding steroid dienone is 1. The second-order valence-corrected chi connectivity index (χ2v) is 31.9. The van der Waals surface area contributed by atoms with E-state index in [1.165, 1.54) is 72.1 Å². The fourth-order valence-electron chi connectivity index (χ4n) is 12.3. The highest BCUT2D eigenvalue weighted by Crippen LogP contribution is 2.45. The number of amides is 6. The summed E-state index contributed by atoms with van der Waals surface area (Å²) in [6, 6.07) is -0.0631. The minimum absolute atomic E-state index is 0.00657. The van der Waals surface area contributed by atoms with Crippen LogP contribution in [0.2, 0.25) is 0 Å². The number of benzene rings is 1. The molecule has 40 nitrogen and oxygen atoms in total. The van der Waals surface area contributed by atoms with Crippen LogP contribution in [0.15, 0.2) is 69.2 Å². The van der Waals surface area contributed by atoms with Crippen LogP contribution in [0, 0.1) is 0 Å². The van der Waals surface area contributed by atoms with Gasteiger partial charge in [0, 0.05) is 49.8 Å². The van der Waals surface area contributed by atoms with E-state index in [2.05, 4.69) is 52.6 Å². The summed E-state index contributed by atoms with van der Waals surface area (Å²) in [4.78, 5) is 191. The Hall–Kier alpha value is -9.32. The number of nitrogens with one attached hydrogen (secondary N) is 5. The molecule has 4 aliphatic rings. The lowest BCUT2D eigenvalue weighted by Gasteiger charge is -2.48. The SMILES string of the molecule is C=C(NC(=O)c1csc(-c2nc3c(cc2OCOP(=O)(O)O)-c2nc(cs2)C(=O)N[C@@H]([C@@H](C)O)C(=O)N/C(=C(\C)OC)c2nc(cs2)C(=O)N[C@@H]2c4nc(cs4)C(=O)N[C@@H](COC(=O)c4c5c6c(cccc6n4OCOP(=O)(O)O)COC(=O)[C@@H](O[C@H]4C[C@](C)(O)[C@H](N(C)C)[C@H](C)O4)[C@H]2OC5)c2nc-3cs2)n1)C(N)=O. The van der Waals surface area contributed by atoms with E-state index in [0.29, 0.717) is 0 Å². The van der Waals surface area contributed by atoms with Gasteiger partial charge in [0.05, 0.1) is 48.8 Å². The number of methoxy groups -OCH3 is 1. The number of pyridine rings is 1. The third kappa shape index (κ3) is 17.5. The zero-order valence-electron chi connectivity index (χ0n) is 58.3. The Bertz CT molecular complexity index is 5120. The summed E-state index contributed by atoms with van der Waals surface area (Å²) in [5.41, 5.74) is 0.513. The normalized spacial score (nSPS) is 23.0. The third-order valence-corrected chi connectivity index (χ3v) is 22.5. The number of aliphatic hydroxyl groups is 2. The molecular formula is C63H66N14O26P2S5. The summed E-state index contributed by atoms with van der Waals surface area (Å²) in [5.74, 6) is -8.96. The number of thiazole rings is 5. The quantitative estimate of drug-likeness (QED) is 0.0205. The number of hydrogen-bond donors (Lipinski definition) is 12. The molecule has 0 spiro atoms. The standard InChI is InChI=1S/C63H66N14O26P2S5/c1-24(50(64)79)65-51(80)33-19-109-59(70-33)44-38(98-22-100-104(88,89)90)12-29-43(72-44)32-17-107-57(67-32)31-16-97-61(85)46-30-15-95-47(48(103-39-13-63(5,87)49(76(6)7)27(4)102-39)62(86)96-14-28-10-9-11-37(40(28)30)77(46)99-23-101-105(91,92)93)45(60-71-34(20-110-60)52(81)66-31)75-54(83)36-21-108-58(69-36)42(26(3)94-8)74-55(84)41(25(2)78)73-53(82)35-18-106-56(29)68-35/h9-12,17-21,25,27,31,39,41,45,47-49,78,87H,1,13-16,22-23H2,2-8H3,(H2,64,79)(H,65,80)(H,66,81)(H,73,82)(H,74,84)(H,75,83)(H2,88,89,90)(H2,91,92,93)/b42-26+/t25-,27+,31+,39+,41+,45+,47+,48+,49-,63+/m1/s1. The second-order valence-electron chi connectivity index (χ2n) is 25.0. The highest BCUT2D eigenvalue weighted by Gasteiger charge is 2.50. The molecule has 13 N–H and O–H groups in total. The summed E-state index contributed by atoms with van der Waals surface area (Å²) in [5, 5.41) is 42.4. The van der Waals surface area contributed by atoms with Gasteiger partial charge in [0.1, 0.15) is 114 Å². The minimum atomic E-state index is -5.32. The number of hydrogen-bond acceptors (Lipinski definition) is 34. The van der Waals surface area contributed by atoms with Crippen molar-refractivity contribution < 1.29 is 124 Å². The van der Waals surface area contributed by atoms with Crippen LogP contribution in [-0.2, 0) is 74.2 Å². The Morgan fingerprint density at radius 2 is 1.47 bits per heavy atom. The highest BCUT2D eigenvalue weighted by atomic mass is 32.1. The Labute approximate surface area is 640 Å². The van der Waals surface area contributed by atoms with Gasteiger partial charge in [-0.1, -0.05) is 18.7 Å². The van der Waals surface area contributed by atoms with Gasteiger partial charge in [-0.15, -0.1) is 56.7 Å². The molecule has 47 heteroatoms. The van der Waals surface area contributed by atoms with Crippen molar-refractivity contribution in [1.82, 2.24) is 66.1 Å². The number of rotatable bonds is 17. The van der Waals surface area contributed by atoms with Crippen molar-refractivity contribution in [2.75, 3.05) is 41.4 Å². The molecule has 12 bridgehead atoms. The molecule has 10 atom stereocenters. The average molecular weight is 1660 g/mol. The molecule has 1 aromatic carbocycles. The fraction of sp³-hybridized carbons (Fsp3) is 0.365. The van der Waals surface area contributed by atoms with Gasteiger partial charge in [0.15, 0.2) is 30.6 Å². The van der Waals surface area contributed by atoms with Gasteiger partial charge in [0.25, 0.3) is 29.5 Å². The maximum absolute atomic E-state index is 15.6. The number of phosphoric acid groups is 2. The number of likely N-dealkylation sites (N-methyl/N-ethyl adjacent to an activating group) is 1. The van der Waals surface area contributed by atoms with E-state index in [0.717, 1.165) is 61.4 Å². The van der Waals surface area contributed by atoms with Crippen molar-refractivity contribution in [2.45, 2.75) is 108 Å². The molecule has 0 radical (unpaired) electrons. The van der Waals surface area contributed by atoms with Crippen molar-refractivity contribution in [3.8, 4) is 38.4 Å². The van der Waals surface area contributed by atoms with Gasteiger partial charge in [-0.25, -0.2) is 57.7 Å². The van der Waals surface area contributed by atoms with Crippen molar-refractivity contribution in [3.05, 3.63) is 124 Å². The number of carbonyl (C=O) groups excluding carboxylic acids is 8. The molecule has 110 heavy (non-hydrogen) atoms. The third-order valence-electron chi connectivity index (χ3n) is 17.1. The average Bonchev–Trinajstić information content (AvgIpc) is 1.60. The zero-order chi connectivity index (χ0) is 79.2. The van der Waals surface area contributed by atoms with Gasteiger partial charge in [-0.2, -0.15) is 4.73 Å². The Morgan fingerprint density at radius 3 is 2.16 bits per heavy atom. The summed E-state index contributed by atoms with van der Waals surface area (Å²) < 4.78 is 78.2. The summed E-state index contributed by atoms with van der Waals surface area (Å²) in [6.45, 7) is 4.67. The van der Waals surface area contributed by atoms with Crippen molar-refractivity contribution in [1.29, 1.82) is 0 Å². The number of cyclic esters (lactones) is 2. The number of aliphatic hydroxyl groups excluding tert-OH is 1. The Balaban J connectivity index is 1.08. The molecule has 11 heterocycles. The van der Waals surface area contributed by atoms with Gasteiger partial charge >= 0.3 is 27.6 Å². The maximum atomic E-state index is 15.6. The van der Waals surface area contributed by atoms with E-state index in [1.54, 1.807) is 32.8 Å². The number of fused-ring (bicyclic) bond motifs is 15. The number of aromatic nitrogens is 7. The van der Waals surface area contributed by atoms with E-state index >= 15 is 19.2 Å². The first-order valence-corrected chi connectivity index (χ1v) is 39.8. The lowest BCUT2D eigenvalue weighted by Crippen LogP contribution is -2.62. The molecule has 1 saturated heterocycles. The molecule has 7 aromatic heterocycles. The summed E-state index contributed by atoms with van der Waals surface area (Å²) in [6.07, 6.45) is -8.13. The number of nitrogens with zero attached hydrogens (tertiary/aromatic N) is 8. The first-order valence-electron chi connectivity index (χ1n) is 32.3. The number of nitrogens with two attached hydrogens (primary N) is 1. The van der Waals surface area contributed by atoms with Crippen LogP contribution in [0.5, 0.6) is 5.75 Å². The number of esters is 2. The van der Waals surface area contributed by atoms with E-state index in [4.69, 9.17) is 63.2 Å². The highest BCUT2D eigenvalue weighted by molar-refractivity contribution is 7.46. The number of carbonyl (C=O) groups is 8. The van der Waals surface area contributed by atoms with Crippen LogP contribution in [0.3, 0.4) is 0 Å². The second kappa shape index (κ2) is 32.6. The molecule has 12 rings (SSSR count). The van der Waals surface area contributed by atoms with Crippen LogP contribution < -0.4 is 41.9 Å². The Morgan fingerprint density at radius 1 is 0.827 bits per heavy atom. The molecular weight excluding hydrogens is 1590 g/mol. The van der Waals surface area contributed by atoms with Gasteiger partial charge < -0.3 is 105 Å². The molecule has 6 amide bonds. The van der Waals surface area contributed by atoms with Gasteiger partial charge in [-0.05, 0) is 59.5 Å². The fourth-order valence-corrected chi connectivity index (χ4v) is 16.8. The Kier molecular flexibility index (Phi) is 23.7. The summed E-state index contributed by atoms with van der Waals surface area (Å²) in [7, 11) is -5.86. The van der Waals surface area contributed by atoms with Gasteiger partial charge in [-0.3, -0.25) is 28.8 Å². The van der Waals surface area contributed by atoms with Gasteiger partial charge in [0.2, 0.25) is 12.7 Å². The minimum Gasteiger partial charge on any atom is -0.499 e. The first kappa shape index (κ1) is 80.2. The summed E-state index contributed by atoms with van der Waals surface area (Å²) >= 11 is 4.00. The van der Waals surface area contributed by atoms with E-state index in [-0.39, 0.29) is 116 Å². The largest absolute Gasteiger partial charge is 0.499 e. The number of phosphoric ester groups is 2. The monoisotopic (exact) mass is 1660 g/mol. The maximum Gasteiger partial charge on any atom is 0.472 e. The van der Waals surface area contributed by atoms with Crippen LogP contribution in [0.1, 0.15) is 125 Å². The molecule has 584 valence electrons. The molecule has 0 aliphatic carbocycles. The van der Waals surface area contributed by atoms with E-state index < -0.39 is 168 Å². The lowest BCUT2D eigenvalue weighted by molar-refractivity contribution is -0.280. The van der Waals surface area contributed by atoms with E-state index in [1.807, 2.05) is 0 Å². The number of ether oxygens (including phenoxy) is 7. The number of primary amides is 1.